The van der Waals surface area contributed by atoms with Crippen LogP contribution in [0.2, 0.25) is 5.15 Å². The van der Waals surface area contributed by atoms with Crippen molar-refractivity contribution in [3.63, 3.8) is 0 Å². The van der Waals surface area contributed by atoms with Crippen LogP contribution in [0, 0.1) is 6.92 Å². The Kier molecular flexibility index (Phi) is 5.26. The van der Waals surface area contributed by atoms with Gasteiger partial charge >= 0.3 is 0 Å². The van der Waals surface area contributed by atoms with E-state index < -0.39 is 0 Å². The Balaban J connectivity index is 2.42. The molecule has 14 heavy (non-hydrogen) atoms. The van der Waals surface area contributed by atoms with Gasteiger partial charge in [-0.25, -0.2) is 9.97 Å². The fraction of sp³-hybridized carbons (Fsp3) is 0.600. The van der Waals surface area contributed by atoms with Gasteiger partial charge in [0, 0.05) is 5.69 Å². The number of unbranched alkanes of at least 4 members (excludes halogenated alkanes) is 1. The summed E-state index contributed by atoms with van der Waals surface area (Å²) in [5, 5.41) is 0.545. The molecule has 0 fully saturated rings. The van der Waals surface area contributed by atoms with E-state index in [0.717, 1.165) is 17.3 Å². The lowest BCUT2D eigenvalue weighted by Gasteiger charge is -2.01. The van der Waals surface area contributed by atoms with E-state index in [0.29, 0.717) is 5.15 Å². The van der Waals surface area contributed by atoms with Gasteiger partial charge in [-0.15, -0.1) is 0 Å². The minimum atomic E-state index is 0.545. The molecule has 0 aliphatic heterocycles. The molecule has 0 unspecified atom stereocenters. The summed E-state index contributed by atoms with van der Waals surface area (Å²) >= 11 is 7.69. The number of hydrogen-bond acceptors (Lipinski definition) is 3. The third-order valence-corrected chi connectivity index (χ3v) is 2.98. The van der Waals surface area contributed by atoms with Crippen LogP contribution in [0.3, 0.4) is 0 Å². The van der Waals surface area contributed by atoms with E-state index >= 15 is 0 Å². The maximum Gasteiger partial charge on any atom is 0.140 e. The lowest BCUT2D eigenvalue weighted by Crippen LogP contribution is -1.95. The average Bonchev–Trinajstić information content (AvgIpc) is 2.11. The van der Waals surface area contributed by atoms with Crippen molar-refractivity contribution in [1.29, 1.82) is 0 Å². The Hall–Kier alpha value is -0.280. The molecule has 78 valence electrons. The van der Waals surface area contributed by atoms with E-state index in [9.17, 15) is 0 Å². The van der Waals surface area contributed by atoms with Crippen LogP contribution < -0.4 is 0 Å². The maximum atomic E-state index is 5.83. The zero-order chi connectivity index (χ0) is 10.4. The molecule has 0 N–H and O–H groups in total. The third-order valence-electron chi connectivity index (χ3n) is 1.74. The molecule has 0 aliphatic carbocycles. The summed E-state index contributed by atoms with van der Waals surface area (Å²) in [4.78, 5) is 8.48. The summed E-state index contributed by atoms with van der Waals surface area (Å²) in [5.41, 5.74) is 0.941. The second-order valence-electron chi connectivity index (χ2n) is 3.15. The van der Waals surface area contributed by atoms with Crippen molar-refractivity contribution in [2.75, 3.05) is 5.75 Å². The lowest BCUT2D eigenvalue weighted by molar-refractivity contribution is 0.894. The molecular weight excluding hydrogens is 216 g/mol. The van der Waals surface area contributed by atoms with Crippen molar-refractivity contribution in [3.05, 3.63) is 22.7 Å². The molecule has 0 radical (unpaired) electrons. The van der Waals surface area contributed by atoms with Crippen molar-refractivity contribution in [2.45, 2.75) is 32.4 Å². The van der Waals surface area contributed by atoms with Gasteiger partial charge in [-0.1, -0.05) is 24.9 Å². The van der Waals surface area contributed by atoms with Crippen molar-refractivity contribution in [3.8, 4) is 0 Å². The standard InChI is InChI=1S/C10H15ClN2S/c1-3-4-5-14-7-10-12-8(2)6-9(11)13-10/h6H,3-5,7H2,1-2H3. The highest BCUT2D eigenvalue weighted by Gasteiger charge is 2.00. The van der Waals surface area contributed by atoms with E-state index in [4.69, 9.17) is 11.6 Å². The number of hydrogen-bond donors (Lipinski definition) is 0. The van der Waals surface area contributed by atoms with Gasteiger partial charge in [0.05, 0.1) is 5.75 Å². The topological polar surface area (TPSA) is 25.8 Å². The molecule has 1 aromatic rings. The molecule has 0 atom stereocenters. The number of aryl methyl sites for hydroxylation is 1. The van der Waals surface area contributed by atoms with Crippen molar-refractivity contribution in [2.24, 2.45) is 0 Å². The number of rotatable bonds is 5. The predicted molar refractivity (Wildman–Crippen MR) is 62.8 cm³/mol. The molecule has 0 spiro atoms. The fourth-order valence-corrected chi connectivity index (χ4v) is 2.27. The van der Waals surface area contributed by atoms with Gasteiger partial charge in [-0.05, 0) is 25.2 Å². The Bertz CT molecular complexity index is 271. The van der Waals surface area contributed by atoms with E-state index in [-0.39, 0.29) is 0 Å². The minimum absolute atomic E-state index is 0.545. The van der Waals surface area contributed by atoms with Gasteiger partial charge in [0.1, 0.15) is 11.0 Å². The Morgan fingerprint density at radius 2 is 2.21 bits per heavy atom. The van der Waals surface area contributed by atoms with Crippen LogP contribution in [0.5, 0.6) is 0 Å². The first-order chi connectivity index (χ1) is 6.72. The van der Waals surface area contributed by atoms with E-state index in [1.54, 1.807) is 6.07 Å². The van der Waals surface area contributed by atoms with Gasteiger partial charge in [-0.2, -0.15) is 11.8 Å². The van der Waals surface area contributed by atoms with Crippen molar-refractivity contribution >= 4 is 23.4 Å². The lowest BCUT2D eigenvalue weighted by atomic mass is 10.4. The van der Waals surface area contributed by atoms with Crippen LogP contribution in [-0.2, 0) is 5.75 Å². The highest BCUT2D eigenvalue weighted by atomic mass is 35.5. The molecule has 0 saturated heterocycles. The summed E-state index contributed by atoms with van der Waals surface area (Å²) in [5.74, 6) is 2.88. The summed E-state index contributed by atoms with van der Waals surface area (Å²) in [6.07, 6.45) is 2.49. The first kappa shape index (κ1) is 11.8. The fourth-order valence-electron chi connectivity index (χ4n) is 1.06. The quantitative estimate of drug-likeness (QED) is 0.572. The highest BCUT2D eigenvalue weighted by Crippen LogP contribution is 2.13. The number of halogens is 1. The second kappa shape index (κ2) is 6.25. The first-order valence-electron chi connectivity index (χ1n) is 4.80. The van der Waals surface area contributed by atoms with Gasteiger partial charge in [-0.3, -0.25) is 0 Å². The van der Waals surface area contributed by atoms with Crippen LogP contribution in [0.4, 0.5) is 0 Å². The van der Waals surface area contributed by atoms with Crippen molar-refractivity contribution < 1.29 is 0 Å². The normalized spacial score (nSPS) is 10.5. The Labute approximate surface area is 94.5 Å². The smallest absolute Gasteiger partial charge is 0.140 e. The van der Waals surface area contributed by atoms with Gasteiger partial charge in [0.15, 0.2) is 0 Å². The summed E-state index contributed by atoms with van der Waals surface area (Å²) in [6.45, 7) is 4.13. The third kappa shape index (κ3) is 4.29. The SMILES string of the molecule is CCCCSCc1nc(C)cc(Cl)n1. The predicted octanol–water partition coefficient (Wildman–Crippen LogP) is 3.47. The van der Waals surface area contributed by atoms with E-state index in [1.165, 1.54) is 18.6 Å². The van der Waals surface area contributed by atoms with Crippen molar-refractivity contribution in [1.82, 2.24) is 9.97 Å². The molecule has 2 nitrogen and oxygen atoms in total. The second-order valence-corrected chi connectivity index (χ2v) is 4.65. The number of nitrogens with zero attached hydrogens (tertiary/aromatic N) is 2. The zero-order valence-electron chi connectivity index (χ0n) is 8.59. The molecule has 1 rings (SSSR count). The Morgan fingerprint density at radius 3 is 2.86 bits per heavy atom. The summed E-state index contributed by atoms with van der Waals surface area (Å²) in [6, 6.07) is 1.78. The van der Waals surface area contributed by atoms with E-state index in [1.807, 2.05) is 18.7 Å². The highest BCUT2D eigenvalue weighted by molar-refractivity contribution is 7.98. The molecule has 0 saturated carbocycles. The average molecular weight is 231 g/mol. The monoisotopic (exact) mass is 230 g/mol. The van der Waals surface area contributed by atoms with Crippen LogP contribution >= 0.6 is 23.4 Å². The van der Waals surface area contributed by atoms with Gasteiger partial charge in [0.25, 0.3) is 0 Å². The zero-order valence-corrected chi connectivity index (χ0v) is 10.2. The molecule has 1 heterocycles. The van der Waals surface area contributed by atoms with Crippen LogP contribution in [0.15, 0.2) is 6.07 Å². The van der Waals surface area contributed by atoms with Gasteiger partial charge in [0.2, 0.25) is 0 Å². The number of thioether (sulfide) groups is 1. The largest absolute Gasteiger partial charge is 0.237 e. The Morgan fingerprint density at radius 1 is 1.43 bits per heavy atom. The molecule has 4 heteroatoms. The summed E-state index contributed by atoms with van der Waals surface area (Å²) in [7, 11) is 0. The minimum Gasteiger partial charge on any atom is -0.237 e. The van der Waals surface area contributed by atoms with E-state index in [2.05, 4.69) is 16.9 Å². The summed E-state index contributed by atoms with van der Waals surface area (Å²) < 4.78 is 0. The molecule has 0 aromatic carbocycles. The maximum absolute atomic E-state index is 5.83. The van der Waals surface area contributed by atoms with Crippen LogP contribution in [0.1, 0.15) is 31.3 Å². The molecular formula is C10H15ClN2S. The molecule has 0 bridgehead atoms. The molecule has 0 aliphatic rings. The van der Waals surface area contributed by atoms with Gasteiger partial charge < -0.3 is 0 Å². The molecule has 1 aromatic heterocycles. The number of aromatic nitrogens is 2. The van der Waals surface area contributed by atoms with Crippen LogP contribution in [0.25, 0.3) is 0 Å². The first-order valence-corrected chi connectivity index (χ1v) is 6.33. The molecule has 0 amide bonds. The van der Waals surface area contributed by atoms with Crippen LogP contribution in [-0.4, -0.2) is 15.7 Å².